The van der Waals surface area contributed by atoms with E-state index in [2.05, 4.69) is 28.8 Å². The van der Waals surface area contributed by atoms with E-state index in [0.717, 1.165) is 10.6 Å². The highest BCUT2D eigenvalue weighted by molar-refractivity contribution is 8.20. The number of nitrogens with one attached hydrogen (secondary N) is 1. The van der Waals surface area contributed by atoms with Crippen LogP contribution in [0.25, 0.3) is 0 Å². The SMILES string of the molecule is C1CNC(C2SCCS2)C1. The maximum Gasteiger partial charge on any atom is 0.0655 e. The van der Waals surface area contributed by atoms with Crippen molar-refractivity contribution in [2.24, 2.45) is 0 Å². The first-order chi connectivity index (χ1) is 4.97. The van der Waals surface area contributed by atoms with E-state index in [0.29, 0.717) is 0 Å². The summed E-state index contributed by atoms with van der Waals surface area (Å²) < 4.78 is 0.877. The number of rotatable bonds is 1. The Morgan fingerprint density at radius 3 is 2.60 bits per heavy atom. The van der Waals surface area contributed by atoms with E-state index in [9.17, 15) is 0 Å². The third-order valence-electron chi connectivity index (χ3n) is 2.07. The van der Waals surface area contributed by atoms with Gasteiger partial charge in [0.2, 0.25) is 0 Å². The average Bonchev–Trinajstić information content (AvgIpc) is 2.59. The Labute approximate surface area is 70.7 Å². The molecule has 2 saturated heterocycles. The van der Waals surface area contributed by atoms with Crippen LogP contribution in [0.2, 0.25) is 0 Å². The van der Waals surface area contributed by atoms with Crippen LogP contribution >= 0.6 is 23.5 Å². The smallest absolute Gasteiger partial charge is 0.0655 e. The summed E-state index contributed by atoms with van der Waals surface area (Å²) in [6.45, 7) is 1.25. The summed E-state index contributed by atoms with van der Waals surface area (Å²) in [4.78, 5) is 0. The highest BCUT2D eigenvalue weighted by Crippen LogP contribution is 2.36. The Kier molecular flexibility index (Phi) is 2.47. The van der Waals surface area contributed by atoms with E-state index in [1.807, 2.05) is 0 Å². The van der Waals surface area contributed by atoms with Gasteiger partial charge in [0, 0.05) is 17.5 Å². The molecule has 0 amide bonds. The van der Waals surface area contributed by atoms with Crippen LogP contribution in [-0.2, 0) is 0 Å². The number of thioether (sulfide) groups is 2. The summed E-state index contributed by atoms with van der Waals surface area (Å²) in [5, 5.41) is 3.56. The molecule has 0 saturated carbocycles. The lowest BCUT2D eigenvalue weighted by atomic mass is 10.2. The molecule has 10 heavy (non-hydrogen) atoms. The van der Waals surface area contributed by atoms with Gasteiger partial charge in [0.15, 0.2) is 0 Å². The van der Waals surface area contributed by atoms with Gasteiger partial charge in [-0.15, -0.1) is 23.5 Å². The van der Waals surface area contributed by atoms with Gasteiger partial charge in [-0.1, -0.05) is 0 Å². The number of hydrogen-bond donors (Lipinski definition) is 1. The van der Waals surface area contributed by atoms with Crippen molar-refractivity contribution in [2.75, 3.05) is 18.1 Å². The first kappa shape index (κ1) is 7.32. The minimum Gasteiger partial charge on any atom is -0.312 e. The summed E-state index contributed by atoms with van der Waals surface area (Å²) in [6.07, 6.45) is 2.80. The van der Waals surface area contributed by atoms with Crippen LogP contribution in [0.5, 0.6) is 0 Å². The molecule has 1 unspecified atom stereocenters. The molecule has 2 fully saturated rings. The van der Waals surface area contributed by atoms with Crippen LogP contribution in [0, 0.1) is 0 Å². The fourth-order valence-electron chi connectivity index (χ4n) is 1.55. The van der Waals surface area contributed by atoms with Crippen molar-refractivity contribution >= 4 is 23.5 Å². The van der Waals surface area contributed by atoms with Crippen LogP contribution in [0.3, 0.4) is 0 Å². The van der Waals surface area contributed by atoms with Crippen molar-refractivity contribution < 1.29 is 0 Å². The van der Waals surface area contributed by atoms with Gasteiger partial charge in [-0.05, 0) is 19.4 Å². The van der Waals surface area contributed by atoms with E-state index in [4.69, 9.17) is 0 Å². The Bertz CT molecular complexity index is 92.2. The molecule has 0 spiro atoms. The minimum atomic E-state index is 0.831. The fraction of sp³-hybridized carbons (Fsp3) is 1.00. The monoisotopic (exact) mass is 175 g/mol. The molecule has 2 aliphatic heterocycles. The van der Waals surface area contributed by atoms with E-state index >= 15 is 0 Å². The minimum absolute atomic E-state index is 0.831. The first-order valence-electron chi connectivity index (χ1n) is 3.93. The molecule has 2 aliphatic rings. The summed E-state index contributed by atoms with van der Waals surface area (Å²) >= 11 is 4.28. The quantitative estimate of drug-likeness (QED) is 0.649. The standard InChI is InChI=1S/C7H13NS2/c1-2-6(8-3-1)7-9-4-5-10-7/h6-8H,1-5H2. The number of hydrogen-bond acceptors (Lipinski definition) is 3. The van der Waals surface area contributed by atoms with Crippen LogP contribution in [0.15, 0.2) is 0 Å². The van der Waals surface area contributed by atoms with Crippen LogP contribution in [0.4, 0.5) is 0 Å². The lowest BCUT2D eigenvalue weighted by Crippen LogP contribution is -2.29. The highest BCUT2D eigenvalue weighted by Gasteiger charge is 2.27. The van der Waals surface area contributed by atoms with Crippen molar-refractivity contribution in [2.45, 2.75) is 23.5 Å². The molecule has 0 aliphatic carbocycles. The summed E-state index contributed by atoms with van der Waals surface area (Å²) in [5.74, 6) is 2.74. The fourth-order valence-corrected chi connectivity index (χ4v) is 4.68. The van der Waals surface area contributed by atoms with E-state index in [-0.39, 0.29) is 0 Å². The van der Waals surface area contributed by atoms with Gasteiger partial charge in [0.1, 0.15) is 0 Å². The van der Waals surface area contributed by atoms with E-state index in [1.54, 1.807) is 0 Å². The van der Waals surface area contributed by atoms with Crippen molar-refractivity contribution in [1.82, 2.24) is 5.32 Å². The van der Waals surface area contributed by atoms with E-state index in [1.165, 1.54) is 30.9 Å². The largest absolute Gasteiger partial charge is 0.312 e. The zero-order valence-electron chi connectivity index (χ0n) is 6.01. The average molecular weight is 175 g/mol. The van der Waals surface area contributed by atoms with Gasteiger partial charge in [0.25, 0.3) is 0 Å². The summed E-state index contributed by atoms with van der Waals surface area (Å²) in [6, 6.07) is 0.831. The third kappa shape index (κ3) is 1.46. The molecule has 0 aromatic carbocycles. The molecule has 2 rings (SSSR count). The van der Waals surface area contributed by atoms with Crippen molar-refractivity contribution in [3.05, 3.63) is 0 Å². The van der Waals surface area contributed by atoms with Gasteiger partial charge in [-0.2, -0.15) is 0 Å². The van der Waals surface area contributed by atoms with Crippen LogP contribution in [-0.4, -0.2) is 28.7 Å². The van der Waals surface area contributed by atoms with Gasteiger partial charge in [0.05, 0.1) is 4.58 Å². The van der Waals surface area contributed by atoms with Gasteiger partial charge >= 0.3 is 0 Å². The predicted molar refractivity (Wildman–Crippen MR) is 49.7 cm³/mol. The molecular formula is C7H13NS2. The Morgan fingerprint density at radius 2 is 2.00 bits per heavy atom. The Morgan fingerprint density at radius 1 is 1.20 bits per heavy atom. The zero-order chi connectivity index (χ0) is 6.81. The lowest BCUT2D eigenvalue weighted by molar-refractivity contribution is 0.656. The molecule has 3 heteroatoms. The Balaban J connectivity index is 1.85. The molecule has 0 radical (unpaired) electrons. The van der Waals surface area contributed by atoms with Crippen LogP contribution < -0.4 is 5.32 Å². The summed E-state index contributed by atoms with van der Waals surface area (Å²) in [7, 11) is 0. The van der Waals surface area contributed by atoms with E-state index < -0.39 is 0 Å². The highest BCUT2D eigenvalue weighted by atomic mass is 32.2. The maximum absolute atomic E-state index is 3.56. The van der Waals surface area contributed by atoms with Crippen molar-refractivity contribution in [3.63, 3.8) is 0 Å². The second kappa shape index (κ2) is 3.37. The molecule has 0 aromatic heterocycles. The van der Waals surface area contributed by atoms with Crippen LogP contribution in [0.1, 0.15) is 12.8 Å². The van der Waals surface area contributed by atoms with Gasteiger partial charge in [-0.3, -0.25) is 0 Å². The van der Waals surface area contributed by atoms with Gasteiger partial charge in [-0.25, -0.2) is 0 Å². The lowest BCUT2D eigenvalue weighted by Gasteiger charge is -2.15. The molecule has 1 atom stereocenters. The third-order valence-corrected chi connectivity index (χ3v) is 5.34. The zero-order valence-corrected chi connectivity index (χ0v) is 7.64. The molecule has 1 nitrogen and oxygen atoms in total. The second-order valence-corrected chi connectivity index (χ2v) is 5.61. The van der Waals surface area contributed by atoms with Crippen molar-refractivity contribution in [1.29, 1.82) is 0 Å². The first-order valence-corrected chi connectivity index (χ1v) is 6.03. The maximum atomic E-state index is 3.56. The molecular weight excluding hydrogens is 162 g/mol. The summed E-state index contributed by atoms with van der Waals surface area (Å²) in [5.41, 5.74) is 0. The molecule has 0 bridgehead atoms. The molecule has 0 aromatic rings. The molecule has 1 N–H and O–H groups in total. The topological polar surface area (TPSA) is 12.0 Å². The normalized spacial score (nSPS) is 35.4. The second-order valence-electron chi connectivity index (χ2n) is 2.81. The van der Waals surface area contributed by atoms with Gasteiger partial charge < -0.3 is 5.32 Å². The molecule has 2 heterocycles. The predicted octanol–water partition coefficient (Wildman–Crippen LogP) is 1.54. The Hall–Kier alpha value is 0.660. The van der Waals surface area contributed by atoms with Crippen molar-refractivity contribution in [3.8, 4) is 0 Å². The molecule has 58 valence electrons.